The third-order valence-corrected chi connectivity index (χ3v) is 8.29. The van der Waals surface area contributed by atoms with Crippen molar-refractivity contribution in [1.82, 2.24) is 15.2 Å². The first kappa shape index (κ1) is 27.3. The molecule has 2 fully saturated rings. The number of pyridine rings is 1. The van der Waals surface area contributed by atoms with Crippen LogP contribution >= 0.6 is 27.5 Å². The van der Waals surface area contributed by atoms with Crippen molar-refractivity contribution in [2.75, 3.05) is 25.1 Å². The number of amides is 3. The fourth-order valence-electron chi connectivity index (χ4n) is 5.14. The van der Waals surface area contributed by atoms with Crippen LogP contribution in [0.5, 0.6) is 0 Å². The molecule has 2 unspecified atom stereocenters. The smallest absolute Gasteiger partial charge is 0.328 e. The van der Waals surface area contributed by atoms with E-state index >= 15 is 0 Å². The molecule has 2 aliphatic heterocycles. The minimum Gasteiger partial charge on any atom is -0.467 e. The van der Waals surface area contributed by atoms with Gasteiger partial charge < -0.3 is 19.9 Å². The van der Waals surface area contributed by atoms with Crippen molar-refractivity contribution in [2.24, 2.45) is 11.3 Å². The Hall–Kier alpha value is -2.72. The van der Waals surface area contributed by atoms with E-state index < -0.39 is 29.3 Å². The van der Waals surface area contributed by atoms with Crippen molar-refractivity contribution in [1.29, 1.82) is 0 Å². The van der Waals surface area contributed by atoms with E-state index in [-0.39, 0.29) is 22.9 Å². The zero-order valence-electron chi connectivity index (χ0n) is 20.8. The van der Waals surface area contributed by atoms with Crippen molar-refractivity contribution in [2.45, 2.75) is 45.2 Å². The average molecular weight is 596 g/mol. The van der Waals surface area contributed by atoms with Gasteiger partial charge in [-0.3, -0.25) is 9.78 Å². The van der Waals surface area contributed by atoms with Gasteiger partial charge in [-0.1, -0.05) is 31.9 Å². The van der Waals surface area contributed by atoms with E-state index in [1.807, 2.05) is 26.0 Å². The van der Waals surface area contributed by atoms with Gasteiger partial charge in [0.15, 0.2) is 0 Å². The number of nitrogens with one attached hydrogen (secondary N) is 1. The number of nitrogens with zero attached hydrogens (tertiary/aromatic N) is 3. The number of benzene rings is 1. The summed E-state index contributed by atoms with van der Waals surface area (Å²) in [6.45, 7) is 4.48. The van der Waals surface area contributed by atoms with Crippen molar-refractivity contribution in [3.8, 4) is 0 Å². The molecule has 198 valence electrons. The average Bonchev–Trinajstić information content (AvgIpc) is 2.91. The molecule has 0 saturated carbocycles. The molecule has 2 saturated heterocycles. The molecule has 1 spiro atoms. The lowest BCUT2D eigenvalue weighted by molar-refractivity contribution is -0.144. The van der Waals surface area contributed by atoms with Gasteiger partial charge in [-0.25, -0.2) is 14.0 Å². The van der Waals surface area contributed by atoms with Crippen LogP contribution < -0.4 is 10.2 Å². The van der Waals surface area contributed by atoms with Crippen LogP contribution in [0.2, 0.25) is 5.02 Å². The molecule has 3 amide bonds. The molecular formula is C26H29BrClFN4O4. The van der Waals surface area contributed by atoms with Gasteiger partial charge in [0.2, 0.25) is 5.91 Å². The number of halogens is 3. The van der Waals surface area contributed by atoms with Gasteiger partial charge in [0.1, 0.15) is 11.9 Å². The number of carbonyl (C=O) groups is 3. The van der Waals surface area contributed by atoms with Gasteiger partial charge >= 0.3 is 12.0 Å². The largest absolute Gasteiger partial charge is 0.467 e. The Morgan fingerprint density at radius 2 is 2.00 bits per heavy atom. The number of piperidine rings is 1. The number of ether oxygens (including phenoxy) is 1. The van der Waals surface area contributed by atoms with Crippen LogP contribution in [-0.2, 0) is 14.3 Å². The lowest BCUT2D eigenvalue weighted by Crippen LogP contribution is -2.67. The van der Waals surface area contributed by atoms with Gasteiger partial charge in [0.05, 0.1) is 29.3 Å². The Morgan fingerprint density at radius 3 is 2.57 bits per heavy atom. The third-order valence-electron chi connectivity index (χ3n) is 7.53. The molecule has 2 aliphatic rings. The highest BCUT2D eigenvalue weighted by atomic mass is 79.9. The minimum atomic E-state index is -0.767. The van der Waals surface area contributed by atoms with Crippen LogP contribution in [0.1, 0.15) is 44.8 Å². The highest BCUT2D eigenvalue weighted by Crippen LogP contribution is 2.57. The van der Waals surface area contributed by atoms with Crippen LogP contribution in [-0.4, -0.2) is 54.0 Å². The second-order valence-electron chi connectivity index (χ2n) is 9.56. The molecule has 0 aliphatic carbocycles. The second kappa shape index (κ2) is 10.9. The molecule has 0 bridgehead atoms. The number of rotatable bonds is 6. The van der Waals surface area contributed by atoms with E-state index in [4.69, 9.17) is 16.3 Å². The molecule has 8 nitrogen and oxygen atoms in total. The number of esters is 1. The molecular weight excluding hydrogens is 567 g/mol. The fraction of sp³-hybridized carbons (Fsp3) is 0.462. The maximum absolute atomic E-state index is 13.8. The Kier molecular flexibility index (Phi) is 8.08. The summed E-state index contributed by atoms with van der Waals surface area (Å²) in [6, 6.07) is 6.42. The normalized spacial score (nSPS) is 20.3. The monoisotopic (exact) mass is 594 g/mol. The zero-order valence-corrected chi connectivity index (χ0v) is 23.2. The Morgan fingerprint density at radius 1 is 1.30 bits per heavy atom. The summed E-state index contributed by atoms with van der Waals surface area (Å²) in [5, 5.41) is 2.74. The van der Waals surface area contributed by atoms with Crippen LogP contribution in [0.4, 0.5) is 14.9 Å². The highest BCUT2D eigenvalue weighted by molar-refractivity contribution is 9.10. The van der Waals surface area contributed by atoms with Crippen molar-refractivity contribution < 1.29 is 23.5 Å². The SMILES string of the molecule is CCC(C)[C@H](NC(=O)N1CCC2(CC1)C(=O)N(c1ccc(F)c(Cl)c1)C2c1ccc(Br)cn1)C(=O)OC. The predicted octanol–water partition coefficient (Wildman–Crippen LogP) is 5.10. The Labute approximate surface area is 228 Å². The Bertz CT molecular complexity index is 1190. The molecule has 3 heterocycles. The van der Waals surface area contributed by atoms with E-state index in [9.17, 15) is 18.8 Å². The summed E-state index contributed by atoms with van der Waals surface area (Å²) in [5.41, 5.74) is 0.423. The summed E-state index contributed by atoms with van der Waals surface area (Å²) >= 11 is 9.42. The third kappa shape index (κ3) is 5.05. The lowest BCUT2D eigenvalue weighted by atomic mass is 9.63. The van der Waals surface area contributed by atoms with Gasteiger partial charge in [0.25, 0.3) is 0 Å². The van der Waals surface area contributed by atoms with Gasteiger partial charge in [0, 0.05) is 29.4 Å². The maximum atomic E-state index is 13.8. The van der Waals surface area contributed by atoms with Crippen molar-refractivity contribution in [3.63, 3.8) is 0 Å². The van der Waals surface area contributed by atoms with E-state index in [1.54, 1.807) is 16.0 Å². The van der Waals surface area contributed by atoms with E-state index in [0.29, 0.717) is 43.7 Å². The summed E-state index contributed by atoms with van der Waals surface area (Å²) in [7, 11) is 1.30. The summed E-state index contributed by atoms with van der Waals surface area (Å²) in [6.07, 6.45) is 3.20. The van der Waals surface area contributed by atoms with Crippen LogP contribution in [0.15, 0.2) is 41.0 Å². The first-order valence-electron chi connectivity index (χ1n) is 12.2. The summed E-state index contributed by atoms with van der Waals surface area (Å²) in [4.78, 5) is 46.7. The second-order valence-corrected chi connectivity index (χ2v) is 10.9. The predicted molar refractivity (Wildman–Crippen MR) is 141 cm³/mol. The number of urea groups is 1. The lowest BCUT2D eigenvalue weighted by Gasteiger charge is -2.58. The summed E-state index contributed by atoms with van der Waals surface area (Å²) < 4.78 is 19.5. The molecule has 1 aromatic carbocycles. The topological polar surface area (TPSA) is 91.8 Å². The standard InChI is InChI=1S/C26H29BrClFN4O4/c1-4-15(2)21(23(34)37-3)31-25(36)32-11-9-26(10-12-32)22(20-8-5-16(27)14-30-20)33(24(26)35)17-6-7-19(29)18(28)13-17/h5-8,13-15,21-22H,4,9-12H2,1-3H3,(H,31,36)/t15?,21-,22?/m0/s1. The first-order chi connectivity index (χ1) is 17.6. The van der Waals surface area contributed by atoms with Gasteiger partial charge in [-0.2, -0.15) is 0 Å². The number of β-lactam (4-membered cyclic amide) rings is 1. The zero-order chi connectivity index (χ0) is 26.9. The number of hydrogen-bond acceptors (Lipinski definition) is 5. The number of aromatic nitrogens is 1. The Balaban J connectivity index is 1.56. The van der Waals surface area contributed by atoms with Crippen LogP contribution in [0, 0.1) is 17.2 Å². The minimum absolute atomic E-state index is 0.0678. The molecule has 11 heteroatoms. The van der Waals surface area contributed by atoms with E-state index in [2.05, 4.69) is 26.2 Å². The number of methoxy groups -OCH3 is 1. The fourth-order valence-corrected chi connectivity index (χ4v) is 5.55. The molecule has 1 aromatic heterocycles. The quantitative estimate of drug-likeness (QED) is 0.371. The van der Waals surface area contributed by atoms with E-state index in [1.165, 1.54) is 25.3 Å². The molecule has 3 atom stereocenters. The number of likely N-dealkylation sites (tertiary alicyclic amines) is 1. The number of carbonyl (C=O) groups excluding carboxylic acids is 3. The maximum Gasteiger partial charge on any atom is 0.328 e. The first-order valence-corrected chi connectivity index (χ1v) is 13.3. The van der Waals surface area contributed by atoms with Crippen molar-refractivity contribution >= 4 is 51.1 Å². The number of anilines is 1. The van der Waals surface area contributed by atoms with Gasteiger partial charge in [-0.05, 0) is 65.0 Å². The molecule has 2 aromatic rings. The summed E-state index contributed by atoms with van der Waals surface area (Å²) in [5.74, 6) is -1.25. The van der Waals surface area contributed by atoms with Crippen LogP contribution in [0.25, 0.3) is 0 Å². The van der Waals surface area contributed by atoms with Gasteiger partial charge in [-0.15, -0.1) is 0 Å². The highest BCUT2D eigenvalue weighted by Gasteiger charge is 2.63. The molecule has 1 N–H and O–H groups in total. The molecule has 0 radical (unpaired) electrons. The molecule has 4 rings (SSSR count). The molecule has 37 heavy (non-hydrogen) atoms. The number of hydrogen-bond donors (Lipinski definition) is 1. The van der Waals surface area contributed by atoms with Crippen molar-refractivity contribution in [3.05, 3.63) is 57.5 Å². The van der Waals surface area contributed by atoms with Crippen LogP contribution in [0.3, 0.4) is 0 Å². The van der Waals surface area contributed by atoms with E-state index in [0.717, 1.165) is 4.47 Å².